The van der Waals surface area contributed by atoms with E-state index in [-0.39, 0.29) is 11.3 Å². The lowest BCUT2D eigenvalue weighted by Gasteiger charge is -2.25. The van der Waals surface area contributed by atoms with E-state index in [9.17, 15) is 4.79 Å². The van der Waals surface area contributed by atoms with E-state index in [1.165, 1.54) is 11.1 Å². The number of hydrogen-bond acceptors (Lipinski definition) is 4. The van der Waals surface area contributed by atoms with E-state index in [1.807, 2.05) is 17.3 Å². The molecule has 1 aliphatic heterocycles. The molecule has 0 atom stereocenters. The number of benzene rings is 1. The zero-order chi connectivity index (χ0) is 20.9. The quantitative estimate of drug-likeness (QED) is 0.733. The van der Waals surface area contributed by atoms with E-state index in [0.29, 0.717) is 26.1 Å². The van der Waals surface area contributed by atoms with Crippen molar-refractivity contribution in [3.63, 3.8) is 0 Å². The van der Waals surface area contributed by atoms with Gasteiger partial charge in [0.15, 0.2) is 0 Å². The van der Waals surface area contributed by atoms with Crippen molar-refractivity contribution in [3.8, 4) is 5.75 Å². The number of carbonyl (C=O) groups excluding carboxylic acids is 1. The van der Waals surface area contributed by atoms with Crippen molar-refractivity contribution in [3.05, 3.63) is 59.4 Å². The Kier molecular flexibility index (Phi) is 6.91. The van der Waals surface area contributed by atoms with E-state index in [1.54, 1.807) is 0 Å². The number of fused-ring (bicyclic) bond motifs is 1. The van der Waals surface area contributed by atoms with Gasteiger partial charge in [-0.25, -0.2) is 0 Å². The van der Waals surface area contributed by atoms with Crippen LogP contribution in [0.25, 0.3) is 0 Å². The average Bonchev–Trinajstić information content (AvgIpc) is 2.89. The van der Waals surface area contributed by atoms with Crippen molar-refractivity contribution < 1.29 is 9.53 Å². The van der Waals surface area contributed by atoms with Crippen LogP contribution in [0.2, 0.25) is 0 Å². The van der Waals surface area contributed by atoms with Crippen LogP contribution in [0.1, 0.15) is 50.8 Å². The second-order valence-corrected chi connectivity index (χ2v) is 9.00. The molecule has 1 aromatic heterocycles. The van der Waals surface area contributed by atoms with Crippen LogP contribution < -0.4 is 4.74 Å². The third kappa shape index (κ3) is 6.29. The normalized spacial score (nSPS) is 14.3. The SMILES string of the molecule is CCN(Cc1ccncc1)Cc1ccc2c(c1)CN(C(=O)CC(C)(C)C)CCO2. The van der Waals surface area contributed by atoms with Gasteiger partial charge in [0.2, 0.25) is 5.91 Å². The Morgan fingerprint density at radius 1 is 1.14 bits per heavy atom. The van der Waals surface area contributed by atoms with Crippen LogP contribution >= 0.6 is 0 Å². The molecule has 1 aromatic carbocycles. The van der Waals surface area contributed by atoms with Crippen molar-refractivity contribution in [1.29, 1.82) is 0 Å². The molecule has 0 unspecified atom stereocenters. The highest BCUT2D eigenvalue weighted by molar-refractivity contribution is 5.77. The predicted octanol–water partition coefficient (Wildman–Crippen LogP) is 4.26. The first-order valence-electron chi connectivity index (χ1n) is 10.5. The predicted molar refractivity (Wildman–Crippen MR) is 115 cm³/mol. The van der Waals surface area contributed by atoms with Gasteiger partial charge < -0.3 is 9.64 Å². The molecule has 156 valence electrons. The van der Waals surface area contributed by atoms with Crippen molar-refractivity contribution in [1.82, 2.24) is 14.8 Å². The van der Waals surface area contributed by atoms with Crippen LogP contribution in [-0.4, -0.2) is 40.4 Å². The standard InChI is InChI=1S/C24H33N3O2/c1-5-26(16-19-8-10-25-11-9-19)17-20-6-7-22-21(14-20)18-27(12-13-29-22)23(28)15-24(2,3)4/h6-11,14H,5,12-13,15-18H2,1-4H3. The summed E-state index contributed by atoms with van der Waals surface area (Å²) in [5, 5.41) is 0. The van der Waals surface area contributed by atoms with Gasteiger partial charge in [-0.3, -0.25) is 14.7 Å². The fourth-order valence-corrected chi connectivity index (χ4v) is 3.61. The number of ether oxygens (including phenoxy) is 1. The Labute approximate surface area is 174 Å². The highest BCUT2D eigenvalue weighted by Gasteiger charge is 2.24. The fourth-order valence-electron chi connectivity index (χ4n) is 3.61. The van der Waals surface area contributed by atoms with Crippen LogP contribution in [0.3, 0.4) is 0 Å². The molecule has 2 aromatic rings. The van der Waals surface area contributed by atoms with Gasteiger partial charge in [0.1, 0.15) is 12.4 Å². The fraction of sp³-hybridized carbons (Fsp3) is 0.500. The molecule has 5 heteroatoms. The van der Waals surface area contributed by atoms with Crippen molar-refractivity contribution in [2.75, 3.05) is 19.7 Å². The Morgan fingerprint density at radius 2 is 1.86 bits per heavy atom. The lowest BCUT2D eigenvalue weighted by Crippen LogP contribution is -2.34. The molecule has 5 nitrogen and oxygen atoms in total. The number of rotatable bonds is 6. The molecule has 0 N–H and O–H groups in total. The molecule has 29 heavy (non-hydrogen) atoms. The largest absolute Gasteiger partial charge is 0.491 e. The van der Waals surface area contributed by atoms with Crippen LogP contribution in [0.4, 0.5) is 0 Å². The summed E-state index contributed by atoms with van der Waals surface area (Å²) in [5.74, 6) is 1.10. The van der Waals surface area contributed by atoms with Gasteiger partial charge in [-0.15, -0.1) is 0 Å². The van der Waals surface area contributed by atoms with Crippen LogP contribution in [-0.2, 0) is 24.4 Å². The highest BCUT2D eigenvalue weighted by atomic mass is 16.5. The number of carbonyl (C=O) groups is 1. The minimum atomic E-state index is -0.0104. The maximum Gasteiger partial charge on any atom is 0.223 e. The molecular formula is C24H33N3O2. The van der Waals surface area contributed by atoms with Gasteiger partial charge >= 0.3 is 0 Å². The summed E-state index contributed by atoms with van der Waals surface area (Å²) in [5.41, 5.74) is 3.60. The summed E-state index contributed by atoms with van der Waals surface area (Å²) >= 11 is 0. The van der Waals surface area contributed by atoms with E-state index >= 15 is 0 Å². The number of amides is 1. The molecular weight excluding hydrogens is 362 g/mol. The molecule has 0 radical (unpaired) electrons. The van der Waals surface area contributed by atoms with Crippen molar-refractivity contribution >= 4 is 5.91 Å². The molecule has 0 aliphatic carbocycles. The summed E-state index contributed by atoms with van der Waals surface area (Å²) in [6.45, 7) is 13.0. The van der Waals surface area contributed by atoms with Crippen LogP contribution in [0.5, 0.6) is 5.75 Å². The maximum atomic E-state index is 12.7. The third-order valence-electron chi connectivity index (χ3n) is 5.15. The van der Waals surface area contributed by atoms with E-state index in [2.05, 4.69) is 67.9 Å². The molecule has 0 bridgehead atoms. The first-order valence-corrected chi connectivity index (χ1v) is 10.5. The molecule has 1 amide bonds. The Hall–Kier alpha value is -2.40. The number of pyridine rings is 1. The number of hydrogen-bond donors (Lipinski definition) is 0. The lowest BCUT2D eigenvalue weighted by molar-refractivity contribution is -0.133. The number of nitrogens with zero attached hydrogens (tertiary/aromatic N) is 3. The second kappa shape index (κ2) is 9.40. The third-order valence-corrected chi connectivity index (χ3v) is 5.15. The first kappa shape index (κ1) is 21.3. The zero-order valence-electron chi connectivity index (χ0n) is 18.1. The van der Waals surface area contributed by atoms with E-state index in [0.717, 1.165) is 30.9 Å². The molecule has 3 rings (SSSR count). The summed E-state index contributed by atoms with van der Waals surface area (Å²) in [6, 6.07) is 10.5. The van der Waals surface area contributed by atoms with Crippen LogP contribution in [0.15, 0.2) is 42.7 Å². The zero-order valence-corrected chi connectivity index (χ0v) is 18.1. The number of aromatic nitrogens is 1. The minimum Gasteiger partial charge on any atom is -0.491 e. The lowest BCUT2D eigenvalue weighted by atomic mass is 9.91. The van der Waals surface area contributed by atoms with Gasteiger partial charge in [0.25, 0.3) is 0 Å². The Morgan fingerprint density at radius 3 is 2.55 bits per heavy atom. The average molecular weight is 396 g/mol. The van der Waals surface area contributed by atoms with E-state index in [4.69, 9.17) is 4.74 Å². The monoisotopic (exact) mass is 395 g/mol. The van der Waals surface area contributed by atoms with Gasteiger partial charge in [-0.2, -0.15) is 0 Å². The highest BCUT2D eigenvalue weighted by Crippen LogP contribution is 2.27. The topological polar surface area (TPSA) is 45.7 Å². The van der Waals surface area contributed by atoms with Gasteiger partial charge in [0.05, 0.1) is 6.54 Å². The Balaban J connectivity index is 1.71. The summed E-state index contributed by atoms with van der Waals surface area (Å²) in [6.07, 6.45) is 4.23. The van der Waals surface area contributed by atoms with E-state index < -0.39 is 0 Å². The molecule has 0 fully saturated rings. The molecule has 0 spiro atoms. The van der Waals surface area contributed by atoms with Gasteiger partial charge in [-0.05, 0) is 47.4 Å². The van der Waals surface area contributed by atoms with Crippen molar-refractivity contribution in [2.45, 2.75) is 53.8 Å². The smallest absolute Gasteiger partial charge is 0.223 e. The second-order valence-electron chi connectivity index (χ2n) is 9.00. The van der Waals surface area contributed by atoms with Crippen molar-refractivity contribution in [2.24, 2.45) is 5.41 Å². The molecule has 0 saturated carbocycles. The molecule has 0 saturated heterocycles. The first-order chi connectivity index (χ1) is 13.8. The summed E-state index contributed by atoms with van der Waals surface area (Å²) in [4.78, 5) is 21.2. The van der Waals surface area contributed by atoms with Crippen LogP contribution in [0, 0.1) is 5.41 Å². The maximum absolute atomic E-state index is 12.7. The minimum absolute atomic E-state index is 0.0104. The molecule has 1 aliphatic rings. The molecule has 2 heterocycles. The van der Waals surface area contributed by atoms with Gasteiger partial charge in [0, 0.05) is 44.0 Å². The summed E-state index contributed by atoms with van der Waals surface area (Å²) < 4.78 is 5.93. The Bertz CT molecular complexity index is 815. The van der Waals surface area contributed by atoms with Gasteiger partial charge in [-0.1, -0.05) is 33.8 Å². The summed E-state index contributed by atoms with van der Waals surface area (Å²) in [7, 11) is 0.